The molecule has 19 heavy (non-hydrogen) atoms. The molecule has 0 aliphatic carbocycles. The van der Waals surface area contributed by atoms with Gasteiger partial charge in [0, 0.05) is 17.4 Å². The number of hydrogen-bond acceptors (Lipinski definition) is 3. The van der Waals surface area contributed by atoms with Crippen LogP contribution in [-0.2, 0) is 11.5 Å². The van der Waals surface area contributed by atoms with Gasteiger partial charge in [0.2, 0.25) is 0 Å². The Morgan fingerprint density at radius 2 is 1.84 bits per heavy atom. The maximum Gasteiger partial charge on any atom is 0.411 e. The fourth-order valence-electron chi connectivity index (χ4n) is 1.51. The Morgan fingerprint density at radius 3 is 2.47 bits per heavy atom. The van der Waals surface area contributed by atoms with Gasteiger partial charge in [0.15, 0.2) is 0 Å². The predicted octanol–water partition coefficient (Wildman–Crippen LogP) is 2.67. The summed E-state index contributed by atoms with van der Waals surface area (Å²) in [7, 11) is 0. The smallest absolute Gasteiger partial charge is 0.399 e. The molecule has 0 radical (unpaired) electrons. The van der Waals surface area contributed by atoms with Gasteiger partial charge in [-0.1, -0.05) is 12.1 Å². The van der Waals surface area contributed by atoms with Crippen LogP contribution in [0.5, 0.6) is 0 Å². The van der Waals surface area contributed by atoms with Crippen molar-refractivity contribution in [2.24, 2.45) is 0 Å². The van der Waals surface area contributed by atoms with Gasteiger partial charge in [0.05, 0.1) is 6.20 Å². The number of alkyl halides is 3. The number of nitrogens with two attached hydrogens (primary N) is 1. The van der Waals surface area contributed by atoms with Crippen LogP contribution in [0.2, 0.25) is 0 Å². The first-order valence-electron chi connectivity index (χ1n) is 5.47. The summed E-state index contributed by atoms with van der Waals surface area (Å²) in [6.45, 7) is -1.53. The normalized spacial score (nSPS) is 11.7. The van der Waals surface area contributed by atoms with Crippen molar-refractivity contribution in [1.29, 1.82) is 0 Å². The number of aromatic nitrogens is 2. The molecule has 1 aromatic carbocycles. The minimum Gasteiger partial charge on any atom is -0.399 e. The van der Waals surface area contributed by atoms with Crippen molar-refractivity contribution in [2.45, 2.75) is 12.9 Å². The maximum atomic E-state index is 11.9. The van der Waals surface area contributed by atoms with E-state index in [0.29, 0.717) is 5.69 Å². The lowest BCUT2D eigenvalue weighted by atomic mass is 10.1. The molecule has 2 rings (SSSR count). The molecule has 1 aromatic heterocycles. The zero-order valence-corrected chi connectivity index (χ0v) is 9.89. The minimum atomic E-state index is -4.33. The molecule has 7 heteroatoms. The van der Waals surface area contributed by atoms with Crippen molar-refractivity contribution < 1.29 is 17.9 Å². The standard InChI is InChI=1S/C12H12F3N3O/c13-12(14,15)7-19-8-18-6-10(5-17-18)9-1-3-11(16)4-2-9/h1-6H,7-8,16H2. The van der Waals surface area contributed by atoms with Crippen molar-refractivity contribution in [3.05, 3.63) is 36.7 Å². The summed E-state index contributed by atoms with van der Waals surface area (Å²) in [4.78, 5) is 0. The fraction of sp³-hybridized carbons (Fsp3) is 0.250. The second-order valence-corrected chi connectivity index (χ2v) is 3.98. The van der Waals surface area contributed by atoms with E-state index < -0.39 is 12.8 Å². The van der Waals surface area contributed by atoms with Crippen molar-refractivity contribution in [3.63, 3.8) is 0 Å². The highest BCUT2D eigenvalue weighted by molar-refractivity contribution is 5.63. The van der Waals surface area contributed by atoms with Crippen LogP contribution < -0.4 is 5.73 Å². The minimum absolute atomic E-state index is 0.242. The zero-order chi connectivity index (χ0) is 13.9. The number of nitrogen functional groups attached to an aromatic ring is 1. The average molecular weight is 271 g/mol. The van der Waals surface area contributed by atoms with Gasteiger partial charge in [0.25, 0.3) is 0 Å². The quantitative estimate of drug-likeness (QED) is 0.870. The third kappa shape index (κ3) is 3.99. The average Bonchev–Trinajstić information content (AvgIpc) is 2.77. The lowest BCUT2D eigenvalue weighted by Gasteiger charge is -2.07. The Kier molecular flexibility index (Phi) is 3.75. The molecule has 0 amide bonds. The Morgan fingerprint density at radius 1 is 1.16 bits per heavy atom. The SMILES string of the molecule is Nc1ccc(-c2cnn(COCC(F)(F)F)c2)cc1. The van der Waals surface area contributed by atoms with E-state index in [1.165, 1.54) is 4.68 Å². The molecule has 1 heterocycles. The first-order chi connectivity index (χ1) is 8.94. The highest BCUT2D eigenvalue weighted by atomic mass is 19.4. The second kappa shape index (κ2) is 5.31. The number of nitrogens with zero attached hydrogens (tertiary/aromatic N) is 2. The summed E-state index contributed by atoms with van der Waals surface area (Å²) in [5.41, 5.74) is 7.89. The number of ether oxygens (including phenoxy) is 1. The van der Waals surface area contributed by atoms with Crippen molar-refractivity contribution >= 4 is 5.69 Å². The van der Waals surface area contributed by atoms with Gasteiger partial charge in [-0.05, 0) is 17.7 Å². The number of halogens is 3. The first kappa shape index (κ1) is 13.4. The number of anilines is 1. The topological polar surface area (TPSA) is 53.1 Å². The molecular formula is C12H12F3N3O. The van der Waals surface area contributed by atoms with Crippen LogP contribution >= 0.6 is 0 Å². The van der Waals surface area contributed by atoms with Crippen molar-refractivity contribution in [3.8, 4) is 11.1 Å². The predicted molar refractivity (Wildman–Crippen MR) is 64.1 cm³/mol. The Balaban J connectivity index is 1.97. The van der Waals surface area contributed by atoms with Crippen LogP contribution in [0, 0.1) is 0 Å². The molecule has 0 atom stereocenters. The van der Waals surface area contributed by atoms with E-state index in [-0.39, 0.29) is 6.73 Å². The van der Waals surface area contributed by atoms with Crippen LogP contribution in [0.3, 0.4) is 0 Å². The Bertz CT molecular complexity index is 534. The highest BCUT2D eigenvalue weighted by Gasteiger charge is 2.27. The fourth-order valence-corrected chi connectivity index (χ4v) is 1.51. The molecule has 102 valence electrons. The number of hydrogen-bond donors (Lipinski definition) is 1. The summed E-state index contributed by atoms with van der Waals surface area (Å²) < 4.78 is 41.5. The zero-order valence-electron chi connectivity index (χ0n) is 9.89. The third-order valence-electron chi connectivity index (χ3n) is 2.37. The van der Waals surface area contributed by atoms with E-state index in [2.05, 4.69) is 9.84 Å². The van der Waals surface area contributed by atoms with Gasteiger partial charge < -0.3 is 10.5 Å². The maximum absolute atomic E-state index is 11.9. The Hall–Kier alpha value is -2.02. The lowest BCUT2D eigenvalue weighted by molar-refractivity contribution is -0.182. The largest absolute Gasteiger partial charge is 0.411 e. The molecule has 0 fully saturated rings. The van der Waals surface area contributed by atoms with Crippen LogP contribution in [0.15, 0.2) is 36.7 Å². The molecule has 2 N–H and O–H groups in total. The second-order valence-electron chi connectivity index (χ2n) is 3.98. The number of benzene rings is 1. The van der Waals surface area contributed by atoms with Gasteiger partial charge >= 0.3 is 6.18 Å². The molecule has 0 saturated heterocycles. The summed E-state index contributed by atoms with van der Waals surface area (Å²) in [5, 5.41) is 3.93. The van der Waals surface area contributed by atoms with E-state index in [1.54, 1.807) is 24.5 Å². The molecule has 4 nitrogen and oxygen atoms in total. The van der Waals surface area contributed by atoms with E-state index in [0.717, 1.165) is 11.1 Å². The molecule has 0 saturated carbocycles. The van der Waals surface area contributed by atoms with Crippen LogP contribution in [0.4, 0.5) is 18.9 Å². The molecule has 2 aromatic rings. The summed E-state index contributed by atoms with van der Waals surface area (Å²) in [5.74, 6) is 0. The van der Waals surface area contributed by atoms with Crippen molar-refractivity contribution in [1.82, 2.24) is 9.78 Å². The summed E-state index contributed by atoms with van der Waals surface area (Å²) >= 11 is 0. The molecule has 0 spiro atoms. The van der Waals surface area contributed by atoms with Crippen molar-refractivity contribution in [2.75, 3.05) is 12.3 Å². The third-order valence-corrected chi connectivity index (χ3v) is 2.37. The van der Waals surface area contributed by atoms with Crippen LogP contribution in [-0.4, -0.2) is 22.6 Å². The number of rotatable bonds is 4. The molecular weight excluding hydrogens is 259 g/mol. The first-order valence-corrected chi connectivity index (χ1v) is 5.47. The van der Waals surface area contributed by atoms with Gasteiger partial charge in [0.1, 0.15) is 13.3 Å². The highest BCUT2D eigenvalue weighted by Crippen LogP contribution is 2.20. The Labute approximate surface area is 107 Å². The van der Waals surface area contributed by atoms with E-state index >= 15 is 0 Å². The molecule has 0 bridgehead atoms. The molecule has 0 aliphatic heterocycles. The van der Waals surface area contributed by atoms with E-state index in [4.69, 9.17) is 5.73 Å². The summed E-state index contributed by atoms with van der Waals surface area (Å²) in [6, 6.07) is 7.11. The monoisotopic (exact) mass is 271 g/mol. The van der Waals surface area contributed by atoms with Gasteiger partial charge in [-0.3, -0.25) is 0 Å². The molecule has 0 aliphatic rings. The van der Waals surface area contributed by atoms with E-state index in [1.807, 2.05) is 12.1 Å². The van der Waals surface area contributed by atoms with Gasteiger partial charge in [-0.15, -0.1) is 0 Å². The van der Waals surface area contributed by atoms with Crippen LogP contribution in [0.1, 0.15) is 0 Å². The lowest BCUT2D eigenvalue weighted by Crippen LogP contribution is -2.18. The van der Waals surface area contributed by atoms with Gasteiger partial charge in [-0.25, -0.2) is 4.68 Å². The van der Waals surface area contributed by atoms with Crippen LogP contribution in [0.25, 0.3) is 11.1 Å². The summed E-state index contributed by atoms with van der Waals surface area (Å²) in [6.07, 6.45) is -1.16. The van der Waals surface area contributed by atoms with E-state index in [9.17, 15) is 13.2 Å². The molecule has 0 unspecified atom stereocenters. The van der Waals surface area contributed by atoms with Gasteiger partial charge in [-0.2, -0.15) is 18.3 Å².